The first-order valence-electron chi connectivity index (χ1n) is 5.67. The summed E-state index contributed by atoms with van der Waals surface area (Å²) >= 11 is 3.49. The van der Waals surface area contributed by atoms with Crippen LogP contribution >= 0.6 is 15.9 Å². The maximum Gasteiger partial charge on any atom is 0.0938 e. The number of fused-ring (bicyclic) bond motifs is 3. The predicted molar refractivity (Wildman–Crippen MR) is 68.5 cm³/mol. The molecule has 1 atom stereocenters. The van der Waals surface area contributed by atoms with E-state index in [0.29, 0.717) is 6.04 Å². The zero-order valence-corrected chi connectivity index (χ0v) is 10.8. The number of nitrogens with one attached hydrogen (secondary N) is 1. The van der Waals surface area contributed by atoms with Crippen molar-refractivity contribution in [1.29, 1.82) is 0 Å². The molecule has 4 heteroatoms. The molecular weight excluding hydrogens is 266 g/mol. The van der Waals surface area contributed by atoms with E-state index in [1.54, 1.807) is 0 Å². The fourth-order valence-electron chi connectivity index (χ4n) is 2.37. The minimum absolute atomic E-state index is 0.495. The maximum absolute atomic E-state index is 4.71. The van der Waals surface area contributed by atoms with Gasteiger partial charge in [0.05, 0.1) is 17.3 Å². The molecule has 84 valence electrons. The Morgan fingerprint density at radius 3 is 3.25 bits per heavy atom. The fraction of sp³-hybridized carbons (Fsp3) is 0.417. The summed E-state index contributed by atoms with van der Waals surface area (Å²) in [6.07, 6.45) is 1.12. The van der Waals surface area contributed by atoms with Gasteiger partial charge in [0.25, 0.3) is 0 Å². The number of nitrogens with zero attached hydrogens (tertiary/aromatic N) is 2. The molecule has 0 radical (unpaired) electrons. The molecule has 1 aromatic heterocycles. The van der Waals surface area contributed by atoms with E-state index in [1.807, 2.05) is 0 Å². The second-order valence-corrected chi connectivity index (χ2v) is 5.16. The van der Waals surface area contributed by atoms with Crippen LogP contribution in [0, 0.1) is 0 Å². The van der Waals surface area contributed by atoms with E-state index in [-0.39, 0.29) is 0 Å². The fourth-order valence-corrected chi connectivity index (χ4v) is 2.72. The highest BCUT2D eigenvalue weighted by Gasteiger charge is 2.21. The molecule has 1 aliphatic heterocycles. The monoisotopic (exact) mass is 279 g/mol. The highest BCUT2D eigenvalue weighted by molar-refractivity contribution is 9.10. The standard InChI is InChI=1S/C12H14BrN3/c1-2-9-6-14-7-12-10-4-3-8(13)5-11(10)15-16(9)12/h3-5,9,14H,2,6-7H2,1H3. The number of halogens is 1. The van der Waals surface area contributed by atoms with E-state index in [0.717, 1.165) is 29.5 Å². The van der Waals surface area contributed by atoms with Crippen LogP contribution < -0.4 is 5.32 Å². The summed E-state index contributed by atoms with van der Waals surface area (Å²) in [7, 11) is 0. The van der Waals surface area contributed by atoms with Crippen molar-refractivity contribution in [3.05, 3.63) is 28.4 Å². The molecule has 1 N–H and O–H groups in total. The highest BCUT2D eigenvalue weighted by atomic mass is 79.9. The molecule has 1 aromatic carbocycles. The number of hydrogen-bond donors (Lipinski definition) is 1. The largest absolute Gasteiger partial charge is 0.309 e. The van der Waals surface area contributed by atoms with Crippen LogP contribution in [0.15, 0.2) is 22.7 Å². The van der Waals surface area contributed by atoms with E-state index >= 15 is 0 Å². The van der Waals surface area contributed by atoms with Gasteiger partial charge in [0.15, 0.2) is 0 Å². The van der Waals surface area contributed by atoms with Crippen molar-refractivity contribution >= 4 is 26.8 Å². The van der Waals surface area contributed by atoms with Crippen molar-refractivity contribution in [2.45, 2.75) is 25.9 Å². The van der Waals surface area contributed by atoms with Gasteiger partial charge in [-0.2, -0.15) is 5.10 Å². The van der Waals surface area contributed by atoms with Gasteiger partial charge < -0.3 is 5.32 Å². The summed E-state index contributed by atoms with van der Waals surface area (Å²) in [6.45, 7) is 4.16. The Hall–Kier alpha value is -0.870. The third kappa shape index (κ3) is 1.48. The van der Waals surface area contributed by atoms with Gasteiger partial charge >= 0.3 is 0 Å². The van der Waals surface area contributed by atoms with Gasteiger partial charge in [-0.25, -0.2) is 0 Å². The molecule has 1 unspecified atom stereocenters. The Balaban J connectivity index is 2.24. The topological polar surface area (TPSA) is 29.9 Å². The molecule has 3 nitrogen and oxygen atoms in total. The van der Waals surface area contributed by atoms with Crippen LogP contribution in [0.25, 0.3) is 10.9 Å². The van der Waals surface area contributed by atoms with E-state index in [9.17, 15) is 0 Å². The summed E-state index contributed by atoms with van der Waals surface area (Å²) in [6, 6.07) is 6.82. The van der Waals surface area contributed by atoms with E-state index in [2.05, 4.69) is 51.1 Å². The second kappa shape index (κ2) is 3.86. The lowest BCUT2D eigenvalue weighted by molar-refractivity contribution is 0.361. The van der Waals surface area contributed by atoms with E-state index in [4.69, 9.17) is 5.10 Å². The molecule has 0 fully saturated rings. The summed E-state index contributed by atoms with van der Waals surface area (Å²) < 4.78 is 3.30. The van der Waals surface area contributed by atoms with Crippen LogP contribution in [0.1, 0.15) is 25.1 Å². The maximum atomic E-state index is 4.71. The Bertz CT molecular complexity index is 532. The molecule has 0 amide bonds. The molecule has 0 saturated carbocycles. The van der Waals surface area contributed by atoms with Gasteiger partial charge in [-0.15, -0.1) is 0 Å². The van der Waals surface area contributed by atoms with Crippen molar-refractivity contribution < 1.29 is 0 Å². The van der Waals surface area contributed by atoms with Gasteiger partial charge in [0, 0.05) is 22.9 Å². The molecular formula is C12H14BrN3. The lowest BCUT2D eigenvalue weighted by atomic mass is 10.1. The van der Waals surface area contributed by atoms with Crippen molar-refractivity contribution in [2.24, 2.45) is 0 Å². The minimum atomic E-state index is 0.495. The molecule has 3 rings (SSSR count). The summed E-state index contributed by atoms with van der Waals surface area (Å²) in [5, 5.41) is 9.45. The third-order valence-electron chi connectivity index (χ3n) is 3.25. The molecule has 2 aromatic rings. The van der Waals surface area contributed by atoms with Gasteiger partial charge in [-0.3, -0.25) is 4.68 Å². The quantitative estimate of drug-likeness (QED) is 0.870. The van der Waals surface area contributed by atoms with E-state index < -0.39 is 0 Å². The van der Waals surface area contributed by atoms with Crippen LogP contribution in [0.2, 0.25) is 0 Å². The number of rotatable bonds is 1. The number of aromatic nitrogens is 2. The molecule has 0 spiro atoms. The first-order valence-corrected chi connectivity index (χ1v) is 6.46. The smallest absolute Gasteiger partial charge is 0.0938 e. The van der Waals surface area contributed by atoms with Crippen molar-refractivity contribution in [1.82, 2.24) is 15.1 Å². The first-order chi connectivity index (χ1) is 7.79. The molecule has 0 aliphatic carbocycles. The van der Waals surface area contributed by atoms with Crippen LogP contribution in [0.3, 0.4) is 0 Å². The minimum Gasteiger partial charge on any atom is -0.309 e. The third-order valence-corrected chi connectivity index (χ3v) is 3.75. The lowest BCUT2D eigenvalue weighted by Crippen LogP contribution is -2.33. The van der Waals surface area contributed by atoms with Crippen molar-refractivity contribution in [3.8, 4) is 0 Å². The molecule has 2 heterocycles. The van der Waals surface area contributed by atoms with E-state index in [1.165, 1.54) is 11.1 Å². The predicted octanol–water partition coefficient (Wildman–Crippen LogP) is 2.85. The summed E-state index contributed by atoms with van der Waals surface area (Å²) in [5.74, 6) is 0. The number of benzene rings is 1. The van der Waals surface area contributed by atoms with Gasteiger partial charge in [-0.05, 0) is 24.6 Å². The van der Waals surface area contributed by atoms with Crippen LogP contribution in [0.5, 0.6) is 0 Å². The Labute approximate surface area is 103 Å². The van der Waals surface area contributed by atoms with Gasteiger partial charge in [-0.1, -0.05) is 22.9 Å². The molecule has 1 aliphatic rings. The Kier molecular flexibility index (Phi) is 2.48. The zero-order chi connectivity index (χ0) is 11.1. The molecule has 0 saturated heterocycles. The molecule has 16 heavy (non-hydrogen) atoms. The second-order valence-electron chi connectivity index (χ2n) is 4.25. The highest BCUT2D eigenvalue weighted by Crippen LogP contribution is 2.27. The summed E-state index contributed by atoms with van der Waals surface area (Å²) in [4.78, 5) is 0. The van der Waals surface area contributed by atoms with Gasteiger partial charge in [0.1, 0.15) is 0 Å². The number of hydrogen-bond acceptors (Lipinski definition) is 2. The average molecular weight is 280 g/mol. The lowest BCUT2D eigenvalue weighted by Gasteiger charge is -2.24. The Morgan fingerprint density at radius 1 is 1.56 bits per heavy atom. The van der Waals surface area contributed by atoms with Crippen molar-refractivity contribution in [3.63, 3.8) is 0 Å². The normalized spacial score (nSPS) is 20.0. The SMILES string of the molecule is CCC1CNCc2c3ccc(Br)cc3nn21. The van der Waals surface area contributed by atoms with Crippen molar-refractivity contribution in [2.75, 3.05) is 6.54 Å². The zero-order valence-electron chi connectivity index (χ0n) is 9.20. The first kappa shape index (κ1) is 10.3. The van der Waals surface area contributed by atoms with Gasteiger partial charge in [0.2, 0.25) is 0 Å². The summed E-state index contributed by atoms with van der Waals surface area (Å²) in [5.41, 5.74) is 2.41. The molecule has 0 bridgehead atoms. The van der Waals surface area contributed by atoms with Crippen LogP contribution in [-0.2, 0) is 6.54 Å². The average Bonchev–Trinajstić information content (AvgIpc) is 2.65. The van der Waals surface area contributed by atoms with Crippen LogP contribution in [-0.4, -0.2) is 16.3 Å². The Morgan fingerprint density at radius 2 is 2.44 bits per heavy atom. The van der Waals surface area contributed by atoms with Crippen LogP contribution in [0.4, 0.5) is 0 Å².